The third-order valence-electron chi connectivity index (χ3n) is 8.84. The van der Waals surface area contributed by atoms with Crippen molar-refractivity contribution in [2.45, 2.75) is 81.6 Å². The molecular weight excluding hydrogens is 602 g/mol. The van der Waals surface area contributed by atoms with Gasteiger partial charge in [0.05, 0.1) is 47.4 Å². The number of nitrogens with zero attached hydrogens (tertiary/aromatic N) is 5. The van der Waals surface area contributed by atoms with Crippen molar-refractivity contribution in [1.29, 1.82) is 0 Å². The SMILES string of the molecule is COc1nn(C2CC2)cc1C(=O)NCc1nc(-c2sc3c(N[C@@H]4C[C@H]5CC[C@H]([C@@H]4F)N5C)cccc3c2CC(F)(F)F)no1. The number of ether oxygens (including phenoxy) is 1. The van der Waals surface area contributed by atoms with Gasteiger partial charge in [-0.25, -0.2) is 4.39 Å². The van der Waals surface area contributed by atoms with E-state index in [1.165, 1.54) is 7.11 Å². The highest BCUT2D eigenvalue weighted by Gasteiger charge is 2.46. The van der Waals surface area contributed by atoms with Crippen LogP contribution in [0, 0.1) is 0 Å². The Labute approximate surface area is 253 Å². The molecule has 4 aromatic rings. The molecule has 1 aliphatic carbocycles. The summed E-state index contributed by atoms with van der Waals surface area (Å²) in [5.41, 5.74) is 0.856. The molecule has 1 aromatic carbocycles. The van der Waals surface area contributed by atoms with Gasteiger partial charge in [-0.05, 0) is 56.2 Å². The van der Waals surface area contributed by atoms with Crippen molar-refractivity contribution in [3.8, 4) is 16.6 Å². The predicted octanol–water partition coefficient (Wildman–Crippen LogP) is 5.51. The van der Waals surface area contributed by atoms with Crippen LogP contribution in [-0.2, 0) is 13.0 Å². The lowest BCUT2D eigenvalue weighted by atomic mass is 9.95. The van der Waals surface area contributed by atoms with Crippen LogP contribution in [0.5, 0.6) is 5.88 Å². The number of carbonyl (C=O) groups is 1. The number of amides is 1. The van der Waals surface area contributed by atoms with E-state index in [0.29, 0.717) is 22.2 Å². The molecule has 1 amide bonds. The van der Waals surface area contributed by atoms with Gasteiger partial charge in [-0.3, -0.25) is 14.4 Å². The zero-order valence-electron chi connectivity index (χ0n) is 24.0. The van der Waals surface area contributed by atoms with Gasteiger partial charge in [-0.1, -0.05) is 17.3 Å². The highest BCUT2D eigenvalue weighted by Crippen LogP contribution is 2.45. The van der Waals surface area contributed by atoms with Crippen molar-refractivity contribution in [3.63, 3.8) is 0 Å². The lowest BCUT2D eigenvalue weighted by molar-refractivity contribution is -0.126. The molecular formula is C29H31F4N7O3S. The Bertz CT molecular complexity index is 1700. The number of halogens is 4. The molecule has 0 spiro atoms. The molecule has 5 heterocycles. The summed E-state index contributed by atoms with van der Waals surface area (Å²) in [5.74, 6) is -0.255. The summed E-state index contributed by atoms with van der Waals surface area (Å²) in [6, 6.07) is 4.99. The van der Waals surface area contributed by atoms with Crippen LogP contribution in [-0.4, -0.2) is 75.4 Å². The Hall–Kier alpha value is -3.72. The molecule has 2 bridgehead atoms. The second kappa shape index (κ2) is 11.0. The fraction of sp³-hybridized carbons (Fsp3) is 0.517. The van der Waals surface area contributed by atoms with Crippen LogP contribution in [0.3, 0.4) is 0 Å². The summed E-state index contributed by atoms with van der Waals surface area (Å²) in [5, 5.41) is 14.7. The second-order valence-corrected chi connectivity index (χ2v) is 12.8. The molecule has 15 heteroatoms. The fourth-order valence-corrected chi connectivity index (χ4v) is 7.68. The monoisotopic (exact) mass is 633 g/mol. The van der Waals surface area contributed by atoms with Crippen molar-refractivity contribution in [3.05, 3.63) is 41.4 Å². The second-order valence-electron chi connectivity index (χ2n) is 11.7. The summed E-state index contributed by atoms with van der Waals surface area (Å²) in [6.45, 7) is -0.147. The van der Waals surface area contributed by atoms with E-state index >= 15 is 4.39 Å². The minimum absolute atomic E-state index is 0.0134. The van der Waals surface area contributed by atoms with Crippen LogP contribution >= 0.6 is 11.3 Å². The Morgan fingerprint density at radius 3 is 2.75 bits per heavy atom. The van der Waals surface area contributed by atoms with E-state index in [2.05, 4.69) is 30.8 Å². The number of piperidine rings is 1. The van der Waals surface area contributed by atoms with E-state index < -0.39 is 30.7 Å². The molecule has 0 unspecified atom stereocenters. The van der Waals surface area contributed by atoms with Crippen LogP contribution < -0.4 is 15.4 Å². The molecule has 2 N–H and O–H groups in total. The number of rotatable bonds is 9. The molecule has 234 valence electrons. The molecule has 3 aliphatic rings. The topological polar surface area (TPSA) is 110 Å². The molecule has 2 aliphatic heterocycles. The van der Waals surface area contributed by atoms with Crippen LogP contribution in [0.1, 0.15) is 60.0 Å². The number of thiophene rings is 1. The summed E-state index contributed by atoms with van der Waals surface area (Å²) in [4.78, 5) is 19.5. The lowest BCUT2D eigenvalue weighted by Gasteiger charge is -2.39. The van der Waals surface area contributed by atoms with E-state index in [9.17, 15) is 18.0 Å². The molecule has 2 saturated heterocycles. The summed E-state index contributed by atoms with van der Waals surface area (Å²) in [7, 11) is 3.38. The van der Waals surface area contributed by atoms with Gasteiger partial charge in [0.25, 0.3) is 5.91 Å². The number of methoxy groups -OCH3 is 1. The maximum absolute atomic E-state index is 15.4. The number of alkyl halides is 4. The van der Waals surface area contributed by atoms with E-state index in [1.807, 2.05) is 7.05 Å². The van der Waals surface area contributed by atoms with Gasteiger partial charge in [0, 0.05) is 18.3 Å². The average Bonchev–Trinajstić information content (AvgIpc) is 3.29. The number of anilines is 1. The number of aromatic nitrogens is 4. The zero-order chi connectivity index (χ0) is 30.7. The third-order valence-corrected chi connectivity index (χ3v) is 10.1. The van der Waals surface area contributed by atoms with Crippen LogP contribution in [0.15, 0.2) is 28.9 Å². The summed E-state index contributed by atoms with van der Waals surface area (Å²) < 4.78 is 69.7. The summed E-state index contributed by atoms with van der Waals surface area (Å²) >= 11 is 1.11. The Morgan fingerprint density at radius 2 is 2.00 bits per heavy atom. The van der Waals surface area contributed by atoms with Crippen molar-refractivity contribution in [2.75, 3.05) is 19.5 Å². The molecule has 44 heavy (non-hydrogen) atoms. The summed E-state index contributed by atoms with van der Waals surface area (Å²) in [6.07, 6.45) is -0.848. The minimum atomic E-state index is -4.49. The first-order valence-corrected chi connectivity index (χ1v) is 15.4. The molecule has 7 rings (SSSR count). The fourth-order valence-electron chi connectivity index (χ4n) is 6.46. The molecule has 10 nitrogen and oxygen atoms in total. The standard InChI is InChI=1S/C29H31F4N7O3S/c1-39-15-8-9-21(39)23(30)20(10-15)35-19-5-3-4-16-17(11-29(31,32)33)25(44-24(16)19)26-36-22(43-38-26)12-34-27(41)18-13-40(14-6-7-14)37-28(18)42-2/h3-5,13-15,20-21,23,35H,6-12H2,1-2H3,(H,34,41)/t15-,20-,21-,23-/m1/s1. The van der Waals surface area contributed by atoms with Gasteiger partial charge < -0.3 is 19.9 Å². The van der Waals surface area contributed by atoms with Gasteiger partial charge in [-0.2, -0.15) is 18.2 Å². The first kappa shape index (κ1) is 29.0. The maximum Gasteiger partial charge on any atom is 0.393 e. The molecule has 0 radical (unpaired) electrons. The normalized spacial score (nSPS) is 23.8. The van der Waals surface area contributed by atoms with Gasteiger partial charge in [0.2, 0.25) is 17.6 Å². The first-order valence-electron chi connectivity index (χ1n) is 14.6. The Balaban J connectivity index is 1.14. The largest absolute Gasteiger partial charge is 0.479 e. The van der Waals surface area contributed by atoms with Gasteiger partial charge >= 0.3 is 6.18 Å². The van der Waals surface area contributed by atoms with Crippen molar-refractivity contribution in [1.82, 2.24) is 30.1 Å². The Morgan fingerprint density at radius 1 is 1.20 bits per heavy atom. The number of carbonyl (C=O) groups excluding carboxylic acids is 1. The van der Waals surface area contributed by atoms with Crippen LogP contribution in [0.2, 0.25) is 0 Å². The predicted molar refractivity (Wildman–Crippen MR) is 155 cm³/mol. The number of nitrogens with one attached hydrogen (secondary N) is 2. The van der Waals surface area contributed by atoms with Crippen molar-refractivity contribution >= 4 is 33.0 Å². The number of hydrogen-bond acceptors (Lipinski definition) is 9. The Kier molecular flexibility index (Phi) is 7.27. The minimum Gasteiger partial charge on any atom is -0.479 e. The lowest BCUT2D eigenvalue weighted by Crippen LogP contribution is -2.53. The van der Waals surface area contributed by atoms with E-state index in [0.717, 1.165) is 37.0 Å². The van der Waals surface area contributed by atoms with E-state index in [4.69, 9.17) is 9.26 Å². The number of benzene rings is 1. The highest BCUT2D eigenvalue weighted by molar-refractivity contribution is 7.23. The van der Waals surface area contributed by atoms with E-state index in [1.54, 1.807) is 29.1 Å². The first-order chi connectivity index (χ1) is 21.1. The third kappa shape index (κ3) is 5.40. The molecule has 4 atom stereocenters. The quantitative estimate of drug-likeness (QED) is 0.232. The molecule has 3 aromatic heterocycles. The van der Waals surface area contributed by atoms with E-state index in [-0.39, 0.29) is 58.3 Å². The highest BCUT2D eigenvalue weighted by atomic mass is 32.1. The number of fused-ring (bicyclic) bond motifs is 3. The van der Waals surface area contributed by atoms with Gasteiger partial charge in [0.1, 0.15) is 11.7 Å². The van der Waals surface area contributed by atoms with Gasteiger partial charge in [-0.15, -0.1) is 16.4 Å². The number of hydrogen-bond donors (Lipinski definition) is 2. The smallest absolute Gasteiger partial charge is 0.393 e. The van der Waals surface area contributed by atoms with Crippen molar-refractivity contribution in [2.24, 2.45) is 0 Å². The maximum atomic E-state index is 15.4. The van der Waals surface area contributed by atoms with Crippen molar-refractivity contribution < 1.29 is 31.6 Å². The molecule has 3 fully saturated rings. The molecule has 1 saturated carbocycles. The van der Waals surface area contributed by atoms with Crippen LogP contribution in [0.25, 0.3) is 20.8 Å². The zero-order valence-corrected chi connectivity index (χ0v) is 24.8. The average molecular weight is 634 g/mol. The van der Waals surface area contributed by atoms with Gasteiger partial charge in [0.15, 0.2) is 0 Å². The van der Waals surface area contributed by atoms with Crippen LogP contribution in [0.4, 0.5) is 23.2 Å².